The molecule has 0 unspecified atom stereocenters. The quantitative estimate of drug-likeness (QED) is 0.127. The van der Waals surface area contributed by atoms with Gasteiger partial charge in [-0.2, -0.15) is 0 Å². The third-order valence-corrected chi connectivity index (χ3v) is 28.8. The van der Waals surface area contributed by atoms with Crippen molar-refractivity contribution in [1.29, 1.82) is 0 Å². The predicted octanol–water partition coefficient (Wildman–Crippen LogP) is 34.8. The molecule has 0 saturated carbocycles. The molecule has 4 nitrogen and oxygen atoms in total. The van der Waals surface area contributed by atoms with E-state index in [1.807, 2.05) is 0 Å². The Bertz CT molecular complexity index is 9040. The van der Waals surface area contributed by atoms with E-state index in [4.69, 9.17) is 0 Å². The maximum absolute atomic E-state index is 2.49. The summed E-state index contributed by atoms with van der Waals surface area (Å²) in [6, 6.07) is 167. The lowest BCUT2D eigenvalue weighted by Crippen LogP contribution is -2.16. The van der Waals surface area contributed by atoms with Crippen LogP contribution in [0.25, 0.3) is 196 Å². The number of hydrogen-bond donors (Lipinski definition) is 0. The van der Waals surface area contributed by atoms with Crippen LogP contribution in [-0.4, -0.2) is 9.13 Å². The average Bonchev–Trinajstić information content (AvgIpc) is 1.57. The molecule has 2 aromatic heterocycles. The highest BCUT2D eigenvalue weighted by molar-refractivity contribution is 6.40. The summed E-state index contributed by atoms with van der Waals surface area (Å²) in [5.41, 5.74) is 29.5. The molecule has 0 radical (unpaired) electrons. The van der Waals surface area contributed by atoms with Crippen LogP contribution in [0.1, 0.15) is 49.9 Å². The van der Waals surface area contributed by atoms with Gasteiger partial charge in [0.2, 0.25) is 0 Å². The molecule has 27 rings (SSSR count). The van der Waals surface area contributed by atoms with E-state index in [1.165, 1.54) is 219 Å². The zero-order valence-electron chi connectivity index (χ0n) is 72.5. The molecule has 0 amide bonds. The molecular formula is C126H86N4. The highest BCUT2D eigenvalue weighted by Crippen LogP contribution is 2.56. The van der Waals surface area contributed by atoms with Crippen LogP contribution in [0, 0.1) is 0 Å². The molecule has 0 spiro atoms. The first-order chi connectivity index (χ1) is 64.1. The molecule has 0 fully saturated rings. The summed E-state index contributed by atoms with van der Waals surface area (Å²) in [6.07, 6.45) is 0. The fraction of sp³-hybridized carbons (Fsp3) is 0.0476. The number of aromatic nitrogens is 2. The lowest BCUT2D eigenvalue weighted by molar-refractivity contribution is 0.660. The number of hydrogen-bond acceptors (Lipinski definition) is 2. The van der Waals surface area contributed by atoms with Crippen LogP contribution in [0.5, 0.6) is 0 Å². The molecule has 0 bridgehead atoms. The Balaban J connectivity index is 0.000000137. The number of benzene rings is 23. The summed E-state index contributed by atoms with van der Waals surface area (Å²) in [5, 5.41) is 27.7. The smallest absolute Gasteiger partial charge is 0.0626 e. The van der Waals surface area contributed by atoms with E-state index in [2.05, 4.69) is 496 Å². The van der Waals surface area contributed by atoms with Gasteiger partial charge in [-0.25, -0.2) is 0 Å². The number of nitrogens with zero attached hydrogens (tertiary/aromatic N) is 4. The summed E-state index contributed by atoms with van der Waals surface area (Å²) >= 11 is 0. The minimum absolute atomic E-state index is 0.107. The van der Waals surface area contributed by atoms with Crippen LogP contribution in [0.4, 0.5) is 34.1 Å². The maximum Gasteiger partial charge on any atom is 0.0626 e. The van der Waals surface area contributed by atoms with Gasteiger partial charge in [-0.05, 0) is 252 Å². The lowest BCUT2D eigenvalue weighted by atomic mass is 9.82. The van der Waals surface area contributed by atoms with Crippen LogP contribution in [-0.2, 0) is 10.8 Å². The van der Waals surface area contributed by atoms with Crippen LogP contribution >= 0.6 is 0 Å². The second-order valence-corrected chi connectivity index (χ2v) is 36.5. The van der Waals surface area contributed by atoms with E-state index in [1.54, 1.807) is 0 Å². The summed E-state index contributed by atoms with van der Waals surface area (Å²) in [5.74, 6) is 0. The highest BCUT2D eigenvalue weighted by atomic mass is 15.2. The Morgan fingerprint density at radius 1 is 0.185 bits per heavy atom. The molecular weight excluding hydrogens is 1570 g/mol. The fourth-order valence-electron chi connectivity index (χ4n) is 22.9. The molecule has 0 saturated heterocycles. The third kappa shape index (κ3) is 11.3. The SMILES string of the molecule is CC1(C)c2ccccc2-c2ccc(N(c3ccc(-c4cc5c6ccccc6c6c(c7ccccc7n6-c6ccccc6)c5c5ccccc45)cc3)c3cc4ccccc4c4ccccc34)cc21.CC1(C)c2ccccc2-c2ccc(N(c3ccc(-c4cc5c6ccccc6c6c(c7ccccc7n6-c6ccccc6)c5c5ccccc45)cc3)c3ccc4ccccc4c3)cc21. The molecule has 2 aliphatic rings. The normalized spacial score (nSPS) is 13.0. The molecule has 0 N–H and O–H groups in total. The number of anilines is 6. The van der Waals surface area contributed by atoms with Crippen molar-refractivity contribution in [2.24, 2.45) is 0 Å². The number of rotatable bonds is 10. The minimum Gasteiger partial charge on any atom is -0.310 e. The van der Waals surface area contributed by atoms with Gasteiger partial charge >= 0.3 is 0 Å². The molecule has 130 heavy (non-hydrogen) atoms. The van der Waals surface area contributed by atoms with Gasteiger partial charge in [-0.1, -0.05) is 361 Å². The highest BCUT2D eigenvalue weighted by Gasteiger charge is 2.38. The molecule has 0 atom stereocenters. The molecule has 610 valence electrons. The van der Waals surface area contributed by atoms with Crippen molar-refractivity contribution in [3.8, 4) is 55.9 Å². The van der Waals surface area contributed by atoms with E-state index < -0.39 is 0 Å². The largest absolute Gasteiger partial charge is 0.310 e. The van der Waals surface area contributed by atoms with Crippen molar-refractivity contribution < 1.29 is 0 Å². The monoisotopic (exact) mass is 1650 g/mol. The van der Waals surface area contributed by atoms with Gasteiger partial charge in [0.1, 0.15) is 0 Å². The first-order valence-electron chi connectivity index (χ1n) is 45.4. The first kappa shape index (κ1) is 75.0. The van der Waals surface area contributed by atoms with Crippen molar-refractivity contribution in [1.82, 2.24) is 9.13 Å². The van der Waals surface area contributed by atoms with Crippen molar-refractivity contribution >= 4 is 175 Å². The maximum atomic E-state index is 2.49. The Morgan fingerprint density at radius 2 is 0.523 bits per heavy atom. The van der Waals surface area contributed by atoms with Gasteiger partial charge in [0.25, 0.3) is 0 Å². The molecule has 2 aliphatic carbocycles. The van der Waals surface area contributed by atoms with Gasteiger partial charge in [0, 0.05) is 99.1 Å². The third-order valence-electron chi connectivity index (χ3n) is 28.8. The fourth-order valence-corrected chi connectivity index (χ4v) is 22.9. The van der Waals surface area contributed by atoms with Crippen LogP contribution in [0.15, 0.2) is 449 Å². The topological polar surface area (TPSA) is 16.3 Å². The Morgan fingerprint density at radius 3 is 1.02 bits per heavy atom. The van der Waals surface area contributed by atoms with E-state index in [0.717, 1.165) is 34.1 Å². The first-order valence-corrected chi connectivity index (χ1v) is 45.4. The van der Waals surface area contributed by atoms with Gasteiger partial charge in [-0.15, -0.1) is 0 Å². The molecule has 4 heteroatoms. The van der Waals surface area contributed by atoms with Gasteiger partial charge in [0.15, 0.2) is 0 Å². The second-order valence-electron chi connectivity index (χ2n) is 36.5. The van der Waals surface area contributed by atoms with Crippen LogP contribution in [0.2, 0.25) is 0 Å². The van der Waals surface area contributed by atoms with Gasteiger partial charge in [-0.3, -0.25) is 0 Å². The summed E-state index contributed by atoms with van der Waals surface area (Å²) in [7, 11) is 0. The lowest BCUT2D eigenvalue weighted by Gasteiger charge is -2.29. The molecule has 23 aromatic carbocycles. The van der Waals surface area contributed by atoms with Crippen molar-refractivity contribution in [2.75, 3.05) is 9.80 Å². The van der Waals surface area contributed by atoms with E-state index in [9.17, 15) is 0 Å². The summed E-state index contributed by atoms with van der Waals surface area (Å²) < 4.78 is 4.94. The predicted molar refractivity (Wildman–Crippen MR) is 554 cm³/mol. The zero-order chi connectivity index (χ0) is 86.2. The zero-order valence-corrected chi connectivity index (χ0v) is 72.5. The van der Waals surface area contributed by atoms with Gasteiger partial charge < -0.3 is 18.9 Å². The standard InChI is InChI=1S/C65H44N2.C61H42N2/c1-65(2)58-30-16-14-25-50(58)51-37-36-45(39-59(51)65)66(61-38-42-18-6-7-21-46(42)47-22-8-11-26-52(47)61)44-34-32-41(33-35-44)56-40-57-49-24-10-13-28-54(49)64-63(62(57)53-27-12-9-23-48(53)56)55-29-15-17-31-60(55)67(64)43-19-4-3-5-20-43;1-61(2)55-26-14-12-22-48(55)49-35-34-45(37-56(49)61)62(44-33-28-39-16-6-7-17-41(39)36-44)43-31-29-40(30-32-43)53-38-54-47-21-9-11-24-51(47)60-59(58(54)50-23-10-8-20-46(50)53)52-25-13-15-27-57(52)63(60)42-18-4-3-5-19-42/h3-40H,1-2H3;3-38H,1-2H3. The van der Waals surface area contributed by atoms with Crippen molar-refractivity contribution in [2.45, 2.75) is 38.5 Å². The second kappa shape index (κ2) is 29.1. The van der Waals surface area contributed by atoms with E-state index >= 15 is 0 Å². The summed E-state index contributed by atoms with van der Waals surface area (Å²) in [4.78, 5) is 4.92. The van der Waals surface area contributed by atoms with Crippen molar-refractivity contribution in [3.05, 3.63) is 471 Å². The molecule has 0 aliphatic heterocycles. The van der Waals surface area contributed by atoms with Crippen molar-refractivity contribution in [3.63, 3.8) is 0 Å². The van der Waals surface area contributed by atoms with Gasteiger partial charge in [0.05, 0.1) is 27.8 Å². The van der Waals surface area contributed by atoms with E-state index in [-0.39, 0.29) is 10.8 Å². The van der Waals surface area contributed by atoms with E-state index in [0.29, 0.717) is 0 Å². The average molecular weight is 1660 g/mol. The summed E-state index contributed by atoms with van der Waals surface area (Å²) in [6.45, 7) is 9.46. The number of fused-ring (bicyclic) bond motifs is 30. The number of para-hydroxylation sites is 4. The molecule has 25 aromatic rings. The minimum atomic E-state index is -0.133. The van der Waals surface area contributed by atoms with Crippen LogP contribution < -0.4 is 9.80 Å². The Labute approximate surface area is 753 Å². The Hall–Kier alpha value is -16.4. The van der Waals surface area contributed by atoms with Crippen LogP contribution in [0.3, 0.4) is 0 Å². The Kier molecular flexibility index (Phi) is 16.8. The molecule has 2 heterocycles.